The van der Waals surface area contributed by atoms with Gasteiger partial charge in [-0.15, -0.1) is 0 Å². The molecule has 5 heteroatoms. The van der Waals surface area contributed by atoms with Crippen molar-refractivity contribution >= 4 is 39.1 Å². The normalized spacial score (nSPS) is 10.7. The van der Waals surface area contributed by atoms with Crippen LogP contribution in [0.2, 0.25) is 10.2 Å². The van der Waals surface area contributed by atoms with Crippen molar-refractivity contribution in [3.8, 4) is 11.4 Å². The summed E-state index contributed by atoms with van der Waals surface area (Å²) in [5, 5.41) is 1.11. The molecule has 0 aliphatic heterocycles. The van der Waals surface area contributed by atoms with Crippen LogP contribution in [0.4, 0.5) is 0 Å². The molecule has 2 nitrogen and oxygen atoms in total. The lowest BCUT2D eigenvalue weighted by atomic mass is 10.1. The average molecular weight is 346 g/mol. The van der Waals surface area contributed by atoms with Gasteiger partial charge in [0.05, 0.1) is 5.02 Å². The standard InChI is InChI=1S/C13H11BrCl2N2/c1-3-9-7(2)17-13(18-12(9)16)10-6-8(14)4-5-11(10)15/h4-6H,3H2,1-2H3. The Bertz CT molecular complexity index is 577. The van der Waals surface area contributed by atoms with Gasteiger partial charge in [0.25, 0.3) is 0 Å². The van der Waals surface area contributed by atoms with Crippen molar-refractivity contribution in [3.63, 3.8) is 0 Å². The summed E-state index contributed by atoms with van der Waals surface area (Å²) in [6.07, 6.45) is 0.817. The van der Waals surface area contributed by atoms with Crippen molar-refractivity contribution in [2.45, 2.75) is 20.3 Å². The van der Waals surface area contributed by atoms with Gasteiger partial charge in [-0.05, 0) is 31.5 Å². The van der Waals surface area contributed by atoms with Crippen LogP contribution in [0, 0.1) is 6.92 Å². The van der Waals surface area contributed by atoms with Crippen LogP contribution in [0.3, 0.4) is 0 Å². The molecule has 0 bridgehead atoms. The number of benzene rings is 1. The number of aryl methyl sites for hydroxylation is 1. The average Bonchev–Trinajstić information content (AvgIpc) is 2.32. The van der Waals surface area contributed by atoms with E-state index < -0.39 is 0 Å². The Kier molecular flexibility index (Phi) is 4.25. The number of hydrogen-bond acceptors (Lipinski definition) is 2. The van der Waals surface area contributed by atoms with E-state index in [1.54, 1.807) is 6.07 Å². The van der Waals surface area contributed by atoms with Crippen LogP contribution >= 0.6 is 39.1 Å². The van der Waals surface area contributed by atoms with Gasteiger partial charge < -0.3 is 0 Å². The van der Waals surface area contributed by atoms with E-state index >= 15 is 0 Å². The molecule has 18 heavy (non-hydrogen) atoms. The monoisotopic (exact) mass is 344 g/mol. The summed E-state index contributed by atoms with van der Waals surface area (Å²) in [5.41, 5.74) is 2.65. The molecule has 0 amide bonds. The molecular formula is C13H11BrCl2N2. The van der Waals surface area contributed by atoms with E-state index in [2.05, 4.69) is 25.9 Å². The fraction of sp³-hybridized carbons (Fsp3) is 0.231. The minimum atomic E-state index is 0.496. The molecule has 0 spiro atoms. The van der Waals surface area contributed by atoms with E-state index in [0.29, 0.717) is 16.0 Å². The zero-order chi connectivity index (χ0) is 13.3. The molecule has 0 N–H and O–H groups in total. The summed E-state index contributed by atoms with van der Waals surface area (Å²) in [4.78, 5) is 8.80. The molecular weight excluding hydrogens is 335 g/mol. The molecule has 1 aromatic heterocycles. The van der Waals surface area contributed by atoms with E-state index in [0.717, 1.165) is 27.7 Å². The van der Waals surface area contributed by atoms with Crippen LogP contribution in [0.5, 0.6) is 0 Å². The summed E-state index contributed by atoms with van der Waals surface area (Å²) >= 11 is 15.7. The molecule has 0 atom stereocenters. The highest BCUT2D eigenvalue weighted by Gasteiger charge is 2.12. The number of hydrogen-bond donors (Lipinski definition) is 0. The minimum absolute atomic E-state index is 0.496. The second-order valence-electron chi connectivity index (χ2n) is 3.88. The Labute approximate surface area is 124 Å². The van der Waals surface area contributed by atoms with Crippen molar-refractivity contribution < 1.29 is 0 Å². The second-order valence-corrected chi connectivity index (χ2v) is 5.56. The Morgan fingerprint density at radius 1 is 1.22 bits per heavy atom. The maximum absolute atomic E-state index is 6.17. The van der Waals surface area contributed by atoms with Gasteiger partial charge in [0.1, 0.15) is 5.15 Å². The van der Waals surface area contributed by atoms with Gasteiger partial charge in [0, 0.05) is 21.3 Å². The summed E-state index contributed by atoms with van der Waals surface area (Å²) in [6, 6.07) is 5.57. The summed E-state index contributed by atoms with van der Waals surface area (Å²) < 4.78 is 0.929. The Morgan fingerprint density at radius 2 is 1.94 bits per heavy atom. The number of aromatic nitrogens is 2. The summed E-state index contributed by atoms with van der Waals surface area (Å²) in [7, 11) is 0. The van der Waals surface area contributed by atoms with E-state index in [1.165, 1.54) is 0 Å². The molecule has 2 rings (SSSR count). The largest absolute Gasteiger partial charge is 0.233 e. The van der Waals surface area contributed by atoms with Crippen molar-refractivity contribution in [1.29, 1.82) is 0 Å². The predicted octanol–water partition coefficient (Wildman–Crippen LogP) is 5.08. The first-order chi connectivity index (χ1) is 8.52. The van der Waals surface area contributed by atoms with Gasteiger partial charge in [0.2, 0.25) is 0 Å². The van der Waals surface area contributed by atoms with E-state index in [-0.39, 0.29) is 0 Å². The first-order valence-electron chi connectivity index (χ1n) is 5.51. The third-order valence-corrected chi connectivity index (χ3v) is 3.82. The van der Waals surface area contributed by atoms with Crippen LogP contribution in [0.15, 0.2) is 22.7 Å². The Morgan fingerprint density at radius 3 is 2.56 bits per heavy atom. The van der Waals surface area contributed by atoms with Gasteiger partial charge in [-0.3, -0.25) is 0 Å². The van der Waals surface area contributed by atoms with Gasteiger partial charge in [-0.2, -0.15) is 0 Å². The zero-order valence-electron chi connectivity index (χ0n) is 9.97. The summed E-state index contributed by atoms with van der Waals surface area (Å²) in [5.74, 6) is 0.556. The highest BCUT2D eigenvalue weighted by Crippen LogP contribution is 2.30. The number of halogens is 3. The fourth-order valence-corrected chi connectivity index (χ4v) is 2.67. The third-order valence-electron chi connectivity index (χ3n) is 2.69. The maximum atomic E-state index is 6.17. The van der Waals surface area contributed by atoms with Crippen molar-refractivity contribution in [2.75, 3.05) is 0 Å². The molecule has 0 aliphatic carbocycles. The minimum Gasteiger partial charge on any atom is -0.233 e. The van der Waals surface area contributed by atoms with Crippen molar-refractivity contribution in [1.82, 2.24) is 9.97 Å². The van der Waals surface area contributed by atoms with Crippen LogP contribution in [-0.2, 0) is 6.42 Å². The second kappa shape index (κ2) is 5.55. The first kappa shape index (κ1) is 13.8. The lowest BCUT2D eigenvalue weighted by Crippen LogP contribution is -1.99. The Balaban J connectivity index is 2.61. The molecule has 0 aliphatic rings. The van der Waals surface area contributed by atoms with Gasteiger partial charge in [-0.1, -0.05) is 46.1 Å². The lowest BCUT2D eigenvalue weighted by molar-refractivity contribution is 1.00. The molecule has 2 aromatic rings. The van der Waals surface area contributed by atoms with Crippen molar-refractivity contribution in [2.24, 2.45) is 0 Å². The summed E-state index contributed by atoms with van der Waals surface area (Å²) in [6.45, 7) is 3.96. The molecule has 0 unspecified atom stereocenters. The third kappa shape index (κ3) is 2.68. The molecule has 0 fully saturated rings. The molecule has 1 aromatic carbocycles. The smallest absolute Gasteiger partial charge is 0.162 e. The van der Waals surface area contributed by atoms with Crippen LogP contribution in [0.1, 0.15) is 18.2 Å². The molecule has 94 valence electrons. The van der Waals surface area contributed by atoms with Gasteiger partial charge >= 0.3 is 0 Å². The van der Waals surface area contributed by atoms with Crippen LogP contribution in [0.25, 0.3) is 11.4 Å². The predicted molar refractivity (Wildman–Crippen MR) is 79.3 cm³/mol. The Hall–Kier alpha value is -0.640. The quantitative estimate of drug-likeness (QED) is 0.709. The molecule has 0 saturated carbocycles. The zero-order valence-corrected chi connectivity index (χ0v) is 13.1. The molecule has 1 heterocycles. The SMILES string of the molecule is CCc1c(C)nc(-c2cc(Br)ccc2Cl)nc1Cl. The fourth-order valence-electron chi connectivity index (χ4n) is 1.75. The highest BCUT2D eigenvalue weighted by atomic mass is 79.9. The molecule has 0 saturated heterocycles. The molecule has 0 radical (unpaired) electrons. The maximum Gasteiger partial charge on any atom is 0.162 e. The number of nitrogens with zero attached hydrogens (tertiary/aromatic N) is 2. The highest BCUT2D eigenvalue weighted by molar-refractivity contribution is 9.10. The number of rotatable bonds is 2. The first-order valence-corrected chi connectivity index (χ1v) is 7.06. The van der Waals surface area contributed by atoms with E-state index in [1.807, 2.05) is 26.0 Å². The van der Waals surface area contributed by atoms with Gasteiger partial charge in [-0.25, -0.2) is 9.97 Å². The van der Waals surface area contributed by atoms with Crippen LogP contribution in [-0.4, -0.2) is 9.97 Å². The van der Waals surface area contributed by atoms with E-state index in [9.17, 15) is 0 Å². The lowest BCUT2D eigenvalue weighted by Gasteiger charge is -2.09. The topological polar surface area (TPSA) is 25.8 Å². The van der Waals surface area contributed by atoms with Crippen molar-refractivity contribution in [3.05, 3.63) is 44.1 Å². The van der Waals surface area contributed by atoms with Gasteiger partial charge in [0.15, 0.2) is 5.82 Å². The van der Waals surface area contributed by atoms with E-state index in [4.69, 9.17) is 23.2 Å². The van der Waals surface area contributed by atoms with Crippen LogP contribution < -0.4 is 0 Å².